The normalized spacial score (nSPS) is 16.3. The number of hydrogen-bond donors (Lipinski definition) is 0. The Bertz CT molecular complexity index is 1090. The Hall–Kier alpha value is -2.47. The van der Waals surface area contributed by atoms with Crippen molar-refractivity contribution in [2.24, 2.45) is 0 Å². The summed E-state index contributed by atoms with van der Waals surface area (Å²) in [6.45, 7) is 12.9. The average Bonchev–Trinajstić information content (AvgIpc) is 2.95. The summed E-state index contributed by atoms with van der Waals surface area (Å²) in [6.07, 6.45) is 3.94. The van der Waals surface area contributed by atoms with Crippen molar-refractivity contribution in [2.45, 2.75) is 58.8 Å². The zero-order valence-corrected chi connectivity index (χ0v) is 15.6. The van der Waals surface area contributed by atoms with Gasteiger partial charge in [-0.15, -0.1) is 6.58 Å². The Morgan fingerprint density at radius 2 is 2.15 bits per heavy atom. The Balaban J connectivity index is 2.11. The Labute approximate surface area is 151 Å². The zero-order chi connectivity index (χ0) is 18.6. The molecule has 0 aliphatic carbocycles. The fourth-order valence-corrected chi connectivity index (χ4v) is 3.67. The second-order valence-electron chi connectivity index (χ2n) is 7.78. The summed E-state index contributed by atoms with van der Waals surface area (Å²) in [5.74, 6) is 0.233. The molecule has 6 heteroatoms. The van der Waals surface area contributed by atoms with Gasteiger partial charge in [0, 0.05) is 18.5 Å². The lowest BCUT2D eigenvalue weighted by molar-refractivity contribution is -0.0402. The fraction of sp³-hybridized carbons (Fsp3) is 0.450. The van der Waals surface area contributed by atoms with E-state index in [1.165, 1.54) is 4.57 Å². The number of nitrogens with zero attached hydrogens (tertiary/aromatic N) is 3. The molecule has 0 N–H and O–H groups in total. The second-order valence-corrected chi connectivity index (χ2v) is 7.78. The van der Waals surface area contributed by atoms with Crippen LogP contribution in [0.4, 0.5) is 0 Å². The average molecular weight is 353 g/mol. The molecule has 4 heterocycles. The third-order valence-corrected chi connectivity index (χ3v) is 4.93. The van der Waals surface area contributed by atoms with Crippen LogP contribution in [0.2, 0.25) is 0 Å². The first-order valence-electron chi connectivity index (χ1n) is 8.90. The number of rotatable bonds is 3. The van der Waals surface area contributed by atoms with Crippen molar-refractivity contribution in [2.75, 3.05) is 0 Å². The molecule has 1 aliphatic rings. The summed E-state index contributed by atoms with van der Waals surface area (Å²) in [5, 5.41) is 0.846. The van der Waals surface area contributed by atoms with Crippen LogP contribution in [0.25, 0.3) is 22.2 Å². The maximum Gasteiger partial charge on any atom is 0.297 e. The molecule has 3 aromatic heterocycles. The molecular weight excluding hydrogens is 330 g/mol. The summed E-state index contributed by atoms with van der Waals surface area (Å²) in [5.41, 5.74) is 4.05. The Kier molecular flexibility index (Phi) is 3.77. The molecule has 0 saturated heterocycles. The van der Waals surface area contributed by atoms with Crippen LogP contribution in [-0.2, 0) is 24.3 Å². The van der Waals surface area contributed by atoms with Gasteiger partial charge in [0.1, 0.15) is 5.52 Å². The molecule has 26 heavy (non-hydrogen) atoms. The summed E-state index contributed by atoms with van der Waals surface area (Å²) >= 11 is 0. The molecule has 0 aromatic carbocycles. The molecule has 0 bridgehead atoms. The Morgan fingerprint density at radius 1 is 1.38 bits per heavy atom. The first-order valence-corrected chi connectivity index (χ1v) is 8.90. The molecule has 3 aromatic rings. The largest absolute Gasteiger partial charge is 0.430 e. The quantitative estimate of drug-likeness (QED) is 0.672. The maximum absolute atomic E-state index is 12.7. The molecule has 0 fully saturated rings. The van der Waals surface area contributed by atoms with Gasteiger partial charge >= 0.3 is 0 Å². The van der Waals surface area contributed by atoms with E-state index in [9.17, 15) is 4.79 Å². The highest BCUT2D eigenvalue weighted by molar-refractivity contribution is 6.03. The van der Waals surface area contributed by atoms with Gasteiger partial charge in [0.05, 0.1) is 29.6 Å². The first-order chi connectivity index (χ1) is 12.3. The van der Waals surface area contributed by atoms with Crippen molar-refractivity contribution in [1.29, 1.82) is 0 Å². The minimum absolute atomic E-state index is 0.209. The molecule has 0 radical (unpaired) electrons. The summed E-state index contributed by atoms with van der Waals surface area (Å²) in [4.78, 5) is 22.0. The lowest BCUT2D eigenvalue weighted by Crippen LogP contribution is -2.33. The van der Waals surface area contributed by atoms with Crippen LogP contribution < -0.4 is 5.56 Å². The molecule has 6 nitrogen and oxygen atoms in total. The van der Waals surface area contributed by atoms with E-state index in [-0.39, 0.29) is 22.7 Å². The maximum atomic E-state index is 12.7. The summed E-state index contributed by atoms with van der Waals surface area (Å²) in [6, 6.07) is 0. The predicted octanol–water partition coefficient (Wildman–Crippen LogP) is 3.70. The number of furan rings is 1. The van der Waals surface area contributed by atoms with Crippen LogP contribution in [-0.4, -0.2) is 20.1 Å². The van der Waals surface area contributed by atoms with Gasteiger partial charge in [-0.05, 0) is 25.3 Å². The van der Waals surface area contributed by atoms with Gasteiger partial charge in [-0.25, -0.2) is 9.97 Å². The molecule has 0 atom stereocenters. The molecule has 1 aliphatic heterocycles. The topological polar surface area (TPSA) is 70.2 Å². The van der Waals surface area contributed by atoms with Gasteiger partial charge in [0.2, 0.25) is 11.3 Å². The van der Waals surface area contributed by atoms with E-state index in [0.717, 1.165) is 28.6 Å². The zero-order valence-electron chi connectivity index (χ0n) is 15.6. The van der Waals surface area contributed by atoms with E-state index in [1.54, 1.807) is 12.4 Å². The molecule has 4 rings (SSSR count). The van der Waals surface area contributed by atoms with Gasteiger partial charge in [0.15, 0.2) is 0 Å². The smallest absolute Gasteiger partial charge is 0.297 e. The van der Waals surface area contributed by atoms with Crippen molar-refractivity contribution in [3.8, 4) is 0 Å². The number of ether oxygens (including phenoxy) is 1. The molecular formula is C20H23N3O3. The van der Waals surface area contributed by atoms with E-state index >= 15 is 0 Å². The standard InChI is InChI=1S/C20H23N3O3/c1-6-7-23-10-21-16-14-12-8-20(4,5)25-9-13(12)15(11(2)3)22-18(14)26-17(16)19(23)24/h6,10-11H,1,7-9H2,2-5H3. The highest BCUT2D eigenvalue weighted by Crippen LogP contribution is 2.39. The van der Waals surface area contributed by atoms with E-state index in [4.69, 9.17) is 14.1 Å². The molecule has 0 amide bonds. The van der Waals surface area contributed by atoms with E-state index in [2.05, 4.69) is 39.3 Å². The van der Waals surface area contributed by atoms with Crippen LogP contribution in [0.3, 0.4) is 0 Å². The van der Waals surface area contributed by atoms with E-state index in [1.807, 2.05) is 0 Å². The third kappa shape index (κ3) is 2.48. The number of pyridine rings is 1. The highest BCUT2D eigenvalue weighted by Gasteiger charge is 2.32. The van der Waals surface area contributed by atoms with Crippen LogP contribution >= 0.6 is 0 Å². The molecule has 0 saturated carbocycles. The van der Waals surface area contributed by atoms with Crippen molar-refractivity contribution in [3.05, 3.63) is 46.2 Å². The summed E-state index contributed by atoms with van der Waals surface area (Å²) < 4.78 is 13.4. The molecule has 0 unspecified atom stereocenters. The van der Waals surface area contributed by atoms with E-state index < -0.39 is 0 Å². The molecule has 0 spiro atoms. The minimum Gasteiger partial charge on any atom is -0.430 e. The summed E-state index contributed by atoms with van der Waals surface area (Å²) in [7, 11) is 0. The van der Waals surface area contributed by atoms with Crippen molar-refractivity contribution in [1.82, 2.24) is 14.5 Å². The van der Waals surface area contributed by atoms with Gasteiger partial charge in [0.25, 0.3) is 5.56 Å². The number of allylic oxidation sites excluding steroid dienone is 1. The second kappa shape index (κ2) is 5.77. The van der Waals surface area contributed by atoms with Crippen LogP contribution in [0.5, 0.6) is 0 Å². The molecule has 136 valence electrons. The van der Waals surface area contributed by atoms with Gasteiger partial charge < -0.3 is 9.15 Å². The van der Waals surface area contributed by atoms with Crippen molar-refractivity contribution < 1.29 is 9.15 Å². The minimum atomic E-state index is -0.281. The van der Waals surface area contributed by atoms with Crippen molar-refractivity contribution in [3.63, 3.8) is 0 Å². The number of fused-ring (bicyclic) bond motifs is 5. The van der Waals surface area contributed by atoms with Gasteiger partial charge in [-0.1, -0.05) is 19.9 Å². The van der Waals surface area contributed by atoms with E-state index in [0.29, 0.717) is 24.4 Å². The Morgan fingerprint density at radius 3 is 2.85 bits per heavy atom. The van der Waals surface area contributed by atoms with Crippen molar-refractivity contribution >= 4 is 22.2 Å². The number of hydrogen-bond acceptors (Lipinski definition) is 5. The first kappa shape index (κ1) is 17.0. The fourth-order valence-electron chi connectivity index (χ4n) is 3.67. The van der Waals surface area contributed by atoms with Gasteiger partial charge in [-0.3, -0.25) is 9.36 Å². The highest BCUT2D eigenvalue weighted by atomic mass is 16.5. The predicted molar refractivity (Wildman–Crippen MR) is 100 cm³/mol. The monoisotopic (exact) mass is 353 g/mol. The lowest BCUT2D eigenvalue weighted by atomic mass is 9.87. The lowest BCUT2D eigenvalue weighted by Gasteiger charge is -2.33. The third-order valence-electron chi connectivity index (χ3n) is 4.93. The van der Waals surface area contributed by atoms with Crippen LogP contribution in [0.1, 0.15) is 50.4 Å². The SMILES string of the molecule is C=CCn1cnc2c(oc3nc(C(C)C)c4c(c32)CC(C)(C)OC4)c1=O. The van der Waals surface area contributed by atoms with Gasteiger partial charge in [-0.2, -0.15) is 0 Å². The van der Waals surface area contributed by atoms with Crippen LogP contribution in [0.15, 0.2) is 28.2 Å². The van der Waals surface area contributed by atoms with Crippen LogP contribution in [0, 0.1) is 0 Å². The number of aromatic nitrogens is 3.